The van der Waals surface area contributed by atoms with Crippen LogP contribution in [0.4, 0.5) is 0 Å². The fraction of sp³-hybridized carbons (Fsp3) is 0.143. The molecule has 0 aliphatic rings. The summed E-state index contributed by atoms with van der Waals surface area (Å²) in [5, 5.41) is 2.03. The van der Waals surface area contributed by atoms with E-state index in [1.54, 1.807) is 24.7 Å². The van der Waals surface area contributed by atoms with E-state index in [9.17, 15) is 0 Å². The van der Waals surface area contributed by atoms with Gasteiger partial charge in [-0.3, -0.25) is 0 Å². The van der Waals surface area contributed by atoms with Crippen molar-refractivity contribution in [3.63, 3.8) is 0 Å². The van der Waals surface area contributed by atoms with Gasteiger partial charge in [0.2, 0.25) is 0 Å². The zero-order chi connectivity index (χ0) is 7.40. The number of thiophene rings is 1. The monoisotopic (exact) mass is 218 g/mol. The van der Waals surface area contributed by atoms with Crippen LogP contribution in [0, 0.1) is 0 Å². The maximum atomic E-state index is 4.78. The molecule has 0 saturated carbocycles. The molecule has 0 saturated heterocycles. The van der Waals surface area contributed by atoms with Crippen molar-refractivity contribution in [2.75, 3.05) is 7.11 Å². The van der Waals surface area contributed by atoms with Crippen LogP contribution in [0.3, 0.4) is 0 Å². The van der Waals surface area contributed by atoms with Crippen LogP contribution >= 0.6 is 27.3 Å². The standard InChI is InChI=1S/C7H7BrOS/c1-9-4-2-7-6(8)3-5-10-7/h2-5H,1H3. The molecule has 0 bridgehead atoms. The Bertz CT molecular complexity index is 229. The van der Waals surface area contributed by atoms with Crippen LogP contribution in [0.15, 0.2) is 22.2 Å². The lowest BCUT2D eigenvalue weighted by Crippen LogP contribution is -1.64. The first-order chi connectivity index (χ1) is 4.84. The van der Waals surface area contributed by atoms with Gasteiger partial charge in [0.25, 0.3) is 0 Å². The normalized spacial score (nSPS) is 10.6. The highest BCUT2D eigenvalue weighted by atomic mass is 79.9. The summed E-state index contributed by atoms with van der Waals surface area (Å²) >= 11 is 5.08. The molecule has 0 N–H and O–H groups in total. The Morgan fingerprint density at radius 3 is 3.00 bits per heavy atom. The van der Waals surface area contributed by atoms with Crippen molar-refractivity contribution in [3.05, 3.63) is 27.1 Å². The van der Waals surface area contributed by atoms with Crippen LogP contribution in [0.1, 0.15) is 4.88 Å². The van der Waals surface area contributed by atoms with E-state index in [0.717, 1.165) is 4.47 Å². The quantitative estimate of drug-likeness (QED) is 0.694. The molecule has 1 rings (SSSR count). The van der Waals surface area contributed by atoms with Crippen molar-refractivity contribution in [2.24, 2.45) is 0 Å². The Balaban J connectivity index is 2.74. The summed E-state index contributed by atoms with van der Waals surface area (Å²) in [6.07, 6.45) is 3.59. The molecular weight excluding hydrogens is 212 g/mol. The van der Waals surface area contributed by atoms with Gasteiger partial charge < -0.3 is 4.74 Å². The third-order valence-electron chi connectivity index (χ3n) is 1.00. The molecule has 0 fully saturated rings. The highest BCUT2D eigenvalue weighted by Crippen LogP contribution is 2.23. The van der Waals surface area contributed by atoms with Gasteiger partial charge in [-0.25, -0.2) is 0 Å². The van der Waals surface area contributed by atoms with Crippen molar-refractivity contribution in [3.8, 4) is 0 Å². The molecule has 0 spiro atoms. The van der Waals surface area contributed by atoms with Crippen molar-refractivity contribution in [1.82, 2.24) is 0 Å². The fourth-order valence-corrected chi connectivity index (χ4v) is 1.94. The van der Waals surface area contributed by atoms with Crippen molar-refractivity contribution in [2.45, 2.75) is 0 Å². The molecular formula is C7H7BrOS. The number of methoxy groups -OCH3 is 1. The van der Waals surface area contributed by atoms with Crippen LogP contribution in [-0.2, 0) is 4.74 Å². The zero-order valence-electron chi connectivity index (χ0n) is 5.50. The molecule has 54 valence electrons. The van der Waals surface area contributed by atoms with Crippen LogP contribution in [0.5, 0.6) is 0 Å². The van der Waals surface area contributed by atoms with Crippen molar-refractivity contribution in [1.29, 1.82) is 0 Å². The van der Waals surface area contributed by atoms with Gasteiger partial charge in [0.1, 0.15) is 0 Å². The van der Waals surface area contributed by atoms with E-state index in [-0.39, 0.29) is 0 Å². The van der Waals surface area contributed by atoms with Gasteiger partial charge in [-0.05, 0) is 33.5 Å². The van der Waals surface area contributed by atoms with E-state index in [4.69, 9.17) is 4.74 Å². The fourth-order valence-electron chi connectivity index (χ4n) is 0.554. The predicted molar refractivity (Wildman–Crippen MR) is 48.1 cm³/mol. The van der Waals surface area contributed by atoms with Crippen LogP contribution in [0.2, 0.25) is 0 Å². The molecule has 0 aliphatic carbocycles. The maximum absolute atomic E-state index is 4.78. The molecule has 3 heteroatoms. The predicted octanol–water partition coefficient (Wildman–Crippen LogP) is 3.13. The van der Waals surface area contributed by atoms with E-state index in [2.05, 4.69) is 15.9 Å². The molecule has 0 amide bonds. The summed E-state index contributed by atoms with van der Waals surface area (Å²) in [5.74, 6) is 0. The Kier molecular flexibility index (Phi) is 2.96. The minimum Gasteiger partial charge on any atom is -0.504 e. The van der Waals surface area contributed by atoms with E-state index < -0.39 is 0 Å². The number of halogens is 1. The average Bonchev–Trinajstić information content (AvgIpc) is 2.31. The van der Waals surface area contributed by atoms with Gasteiger partial charge in [0, 0.05) is 9.35 Å². The second-order valence-corrected chi connectivity index (χ2v) is 3.47. The smallest absolute Gasteiger partial charge is 0.0839 e. The Hall–Kier alpha value is -0.280. The third-order valence-corrected chi connectivity index (χ3v) is 2.84. The molecule has 0 aromatic carbocycles. The first kappa shape index (κ1) is 7.82. The lowest BCUT2D eigenvalue weighted by atomic mass is 10.5. The second kappa shape index (κ2) is 3.78. The number of hydrogen-bond donors (Lipinski definition) is 0. The summed E-state index contributed by atoms with van der Waals surface area (Å²) in [6.45, 7) is 0. The minimum atomic E-state index is 1.12. The van der Waals surface area contributed by atoms with E-state index in [1.165, 1.54) is 4.88 Å². The summed E-state index contributed by atoms with van der Waals surface area (Å²) in [7, 11) is 1.64. The highest BCUT2D eigenvalue weighted by Gasteiger charge is 1.94. The summed E-state index contributed by atoms with van der Waals surface area (Å²) in [6, 6.07) is 2.01. The summed E-state index contributed by atoms with van der Waals surface area (Å²) in [5.41, 5.74) is 0. The van der Waals surface area contributed by atoms with Crippen molar-refractivity contribution >= 4 is 33.3 Å². The number of ether oxygens (including phenoxy) is 1. The first-order valence-electron chi connectivity index (χ1n) is 2.77. The largest absolute Gasteiger partial charge is 0.504 e. The molecule has 1 aromatic rings. The van der Waals surface area contributed by atoms with E-state index in [0.29, 0.717) is 0 Å². The van der Waals surface area contributed by atoms with E-state index >= 15 is 0 Å². The van der Waals surface area contributed by atoms with Gasteiger partial charge in [-0.15, -0.1) is 11.3 Å². The molecule has 1 heterocycles. The van der Waals surface area contributed by atoms with Crippen LogP contribution in [-0.4, -0.2) is 7.11 Å². The molecule has 10 heavy (non-hydrogen) atoms. The van der Waals surface area contributed by atoms with Gasteiger partial charge in [-0.1, -0.05) is 0 Å². The molecule has 1 nitrogen and oxygen atoms in total. The topological polar surface area (TPSA) is 9.23 Å². The molecule has 0 unspecified atom stereocenters. The summed E-state index contributed by atoms with van der Waals surface area (Å²) in [4.78, 5) is 1.18. The Morgan fingerprint density at radius 2 is 2.50 bits per heavy atom. The maximum Gasteiger partial charge on any atom is 0.0839 e. The second-order valence-electron chi connectivity index (χ2n) is 1.67. The summed E-state index contributed by atoms with van der Waals surface area (Å²) < 4.78 is 5.89. The lowest BCUT2D eigenvalue weighted by Gasteiger charge is -1.86. The van der Waals surface area contributed by atoms with E-state index in [1.807, 2.05) is 17.5 Å². The third kappa shape index (κ3) is 1.85. The molecule has 0 radical (unpaired) electrons. The Labute approximate surface area is 72.5 Å². The molecule has 1 aromatic heterocycles. The van der Waals surface area contributed by atoms with Crippen molar-refractivity contribution < 1.29 is 4.74 Å². The van der Waals surface area contributed by atoms with Gasteiger partial charge >= 0.3 is 0 Å². The minimum absolute atomic E-state index is 1.12. The first-order valence-corrected chi connectivity index (χ1v) is 4.44. The zero-order valence-corrected chi connectivity index (χ0v) is 7.91. The Morgan fingerprint density at radius 1 is 1.70 bits per heavy atom. The van der Waals surface area contributed by atoms with Gasteiger partial charge in [0.15, 0.2) is 0 Å². The molecule has 0 aliphatic heterocycles. The average molecular weight is 219 g/mol. The van der Waals surface area contributed by atoms with Gasteiger partial charge in [0.05, 0.1) is 13.4 Å². The SMILES string of the molecule is COC=Cc1sccc1Br. The molecule has 0 atom stereocenters. The number of hydrogen-bond acceptors (Lipinski definition) is 2. The van der Waals surface area contributed by atoms with Gasteiger partial charge in [-0.2, -0.15) is 0 Å². The number of rotatable bonds is 2. The highest BCUT2D eigenvalue weighted by molar-refractivity contribution is 9.10. The van der Waals surface area contributed by atoms with Crippen LogP contribution < -0.4 is 0 Å². The lowest BCUT2D eigenvalue weighted by molar-refractivity contribution is 0.341. The van der Waals surface area contributed by atoms with Crippen LogP contribution in [0.25, 0.3) is 6.08 Å².